The zero-order valence-electron chi connectivity index (χ0n) is 15.1. The maximum absolute atomic E-state index is 12.7. The van der Waals surface area contributed by atoms with E-state index >= 15 is 0 Å². The third kappa shape index (κ3) is 4.38. The van der Waals surface area contributed by atoms with Crippen LogP contribution in [0.1, 0.15) is 35.4 Å². The zero-order chi connectivity index (χ0) is 18.7. The summed E-state index contributed by atoms with van der Waals surface area (Å²) < 4.78 is 5.09. The van der Waals surface area contributed by atoms with Gasteiger partial charge in [-0.25, -0.2) is 0 Å². The SMILES string of the molecule is Cc1ccc(CCC(=O)[C@@H]2C[C@@H](O)CN2C(=O)Cc2cc(C)no2)cc1. The van der Waals surface area contributed by atoms with Gasteiger partial charge in [-0.15, -0.1) is 0 Å². The predicted molar refractivity (Wildman–Crippen MR) is 95.6 cm³/mol. The number of aryl methyl sites for hydroxylation is 3. The molecule has 0 unspecified atom stereocenters. The van der Waals surface area contributed by atoms with Crippen LogP contribution in [0.3, 0.4) is 0 Å². The second-order valence-corrected chi connectivity index (χ2v) is 7.01. The molecule has 1 saturated heterocycles. The number of aromatic nitrogens is 1. The molecule has 1 amide bonds. The average molecular weight is 356 g/mol. The molecule has 1 N–H and O–H groups in total. The Labute approximate surface area is 152 Å². The van der Waals surface area contributed by atoms with Crippen molar-refractivity contribution in [2.24, 2.45) is 0 Å². The second-order valence-electron chi connectivity index (χ2n) is 7.01. The summed E-state index contributed by atoms with van der Waals surface area (Å²) >= 11 is 0. The highest BCUT2D eigenvalue weighted by atomic mass is 16.5. The number of rotatable bonds is 6. The first-order valence-electron chi connectivity index (χ1n) is 8.90. The number of aliphatic hydroxyl groups excluding tert-OH is 1. The molecule has 0 saturated carbocycles. The normalized spacial score (nSPS) is 19.7. The summed E-state index contributed by atoms with van der Waals surface area (Å²) in [4.78, 5) is 26.7. The van der Waals surface area contributed by atoms with Crippen LogP contribution in [-0.4, -0.2) is 45.5 Å². The van der Waals surface area contributed by atoms with Gasteiger partial charge in [0.1, 0.15) is 5.76 Å². The molecule has 2 atom stereocenters. The zero-order valence-corrected chi connectivity index (χ0v) is 15.1. The number of β-amino-alcohol motifs (C(OH)–C–C–N with tert-alkyl or cyclic N) is 1. The molecular formula is C20H24N2O4. The van der Waals surface area contributed by atoms with E-state index in [0.29, 0.717) is 30.7 Å². The fraction of sp³-hybridized carbons (Fsp3) is 0.450. The Bertz CT molecular complexity index is 781. The third-order valence-electron chi connectivity index (χ3n) is 4.75. The number of benzene rings is 1. The minimum atomic E-state index is -0.663. The van der Waals surface area contributed by atoms with Crippen molar-refractivity contribution < 1.29 is 19.2 Å². The summed E-state index contributed by atoms with van der Waals surface area (Å²) in [5.74, 6) is 0.246. The van der Waals surface area contributed by atoms with Gasteiger partial charge in [0, 0.05) is 25.5 Å². The molecule has 1 aliphatic heterocycles. The van der Waals surface area contributed by atoms with Crippen LogP contribution in [0.4, 0.5) is 0 Å². The lowest BCUT2D eigenvalue weighted by atomic mass is 10.0. The number of carbonyl (C=O) groups excluding carboxylic acids is 2. The quantitative estimate of drug-likeness (QED) is 0.856. The highest BCUT2D eigenvalue weighted by Crippen LogP contribution is 2.22. The van der Waals surface area contributed by atoms with Crippen molar-refractivity contribution in [2.75, 3.05) is 6.54 Å². The van der Waals surface area contributed by atoms with Gasteiger partial charge in [-0.3, -0.25) is 9.59 Å². The van der Waals surface area contributed by atoms with Crippen molar-refractivity contribution in [3.63, 3.8) is 0 Å². The fourth-order valence-electron chi connectivity index (χ4n) is 3.33. The van der Waals surface area contributed by atoms with Crippen LogP contribution in [0.15, 0.2) is 34.9 Å². The van der Waals surface area contributed by atoms with Crippen molar-refractivity contribution >= 4 is 11.7 Å². The van der Waals surface area contributed by atoms with E-state index in [1.807, 2.05) is 31.2 Å². The first kappa shape index (κ1) is 18.3. The summed E-state index contributed by atoms with van der Waals surface area (Å²) in [5.41, 5.74) is 2.98. The molecule has 1 aliphatic rings. The number of likely N-dealkylation sites (tertiary alicyclic amines) is 1. The van der Waals surface area contributed by atoms with Crippen molar-refractivity contribution in [2.45, 2.75) is 51.7 Å². The number of hydrogen-bond acceptors (Lipinski definition) is 5. The Morgan fingerprint density at radius 2 is 2.00 bits per heavy atom. The smallest absolute Gasteiger partial charge is 0.231 e. The minimum absolute atomic E-state index is 0.00998. The number of nitrogens with zero attached hydrogens (tertiary/aromatic N) is 2. The molecule has 6 nitrogen and oxygen atoms in total. The van der Waals surface area contributed by atoms with E-state index in [1.165, 1.54) is 10.5 Å². The van der Waals surface area contributed by atoms with E-state index in [1.54, 1.807) is 13.0 Å². The first-order chi connectivity index (χ1) is 12.4. The summed E-state index contributed by atoms with van der Waals surface area (Å²) in [6.45, 7) is 4.00. The molecule has 3 rings (SSSR count). The van der Waals surface area contributed by atoms with Gasteiger partial charge >= 0.3 is 0 Å². The average Bonchev–Trinajstić information content (AvgIpc) is 3.19. The molecule has 1 fully saturated rings. The molecule has 138 valence electrons. The molecule has 26 heavy (non-hydrogen) atoms. The maximum atomic E-state index is 12.7. The summed E-state index contributed by atoms with van der Waals surface area (Å²) in [6.07, 6.45) is 0.674. The molecule has 0 spiro atoms. The monoisotopic (exact) mass is 356 g/mol. The largest absolute Gasteiger partial charge is 0.391 e. The molecule has 0 bridgehead atoms. The van der Waals surface area contributed by atoms with Gasteiger partial charge in [-0.2, -0.15) is 0 Å². The maximum Gasteiger partial charge on any atom is 0.231 e. The number of ketones is 1. The molecular weight excluding hydrogens is 332 g/mol. The van der Waals surface area contributed by atoms with Crippen LogP contribution < -0.4 is 0 Å². The van der Waals surface area contributed by atoms with Crippen LogP contribution in [-0.2, 0) is 22.4 Å². The number of Topliss-reactive ketones (excluding diaryl/α,β-unsaturated/α-hetero) is 1. The van der Waals surface area contributed by atoms with Gasteiger partial charge in [-0.1, -0.05) is 35.0 Å². The predicted octanol–water partition coefficient (Wildman–Crippen LogP) is 2.00. The fourth-order valence-corrected chi connectivity index (χ4v) is 3.33. The van der Waals surface area contributed by atoms with Gasteiger partial charge in [0.25, 0.3) is 0 Å². The van der Waals surface area contributed by atoms with E-state index in [0.717, 1.165) is 5.56 Å². The molecule has 2 heterocycles. The number of carbonyl (C=O) groups is 2. The molecule has 0 aliphatic carbocycles. The van der Waals surface area contributed by atoms with E-state index < -0.39 is 12.1 Å². The summed E-state index contributed by atoms with van der Waals surface area (Å²) in [6, 6.07) is 9.22. The third-order valence-corrected chi connectivity index (χ3v) is 4.75. The van der Waals surface area contributed by atoms with Gasteiger partial charge in [0.15, 0.2) is 5.78 Å². The van der Waals surface area contributed by atoms with E-state index in [-0.39, 0.29) is 24.7 Å². The van der Waals surface area contributed by atoms with Crippen LogP contribution >= 0.6 is 0 Å². The lowest BCUT2D eigenvalue weighted by Gasteiger charge is -2.23. The molecule has 1 aromatic carbocycles. The van der Waals surface area contributed by atoms with Crippen molar-refractivity contribution in [3.8, 4) is 0 Å². The Kier molecular flexibility index (Phi) is 5.52. The van der Waals surface area contributed by atoms with Gasteiger partial charge < -0.3 is 14.5 Å². The van der Waals surface area contributed by atoms with E-state index in [2.05, 4.69) is 5.16 Å². The number of amides is 1. The van der Waals surface area contributed by atoms with E-state index in [9.17, 15) is 14.7 Å². The van der Waals surface area contributed by atoms with Gasteiger partial charge in [0.2, 0.25) is 5.91 Å². The lowest BCUT2D eigenvalue weighted by molar-refractivity contribution is -0.137. The Hall–Kier alpha value is -2.47. The summed E-state index contributed by atoms with van der Waals surface area (Å²) in [5, 5.41) is 13.7. The molecule has 0 radical (unpaired) electrons. The lowest BCUT2D eigenvalue weighted by Crippen LogP contribution is -2.41. The van der Waals surface area contributed by atoms with Crippen LogP contribution in [0, 0.1) is 13.8 Å². The van der Waals surface area contributed by atoms with E-state index in [4.69, 9.17) is 4.52 Å². The summed E-state index contributed by atoms with van der Waals surface area (Å²) in [7, 11) is 0. The van der Waals surface area contributed by atoms with Crippen LogP contribution in [0.5, 0.6) is 0 Å². The van der Waals surface area contributed by atoms with Crippen molar-refractivity contribution in [1.82, 2.24) is 10.1 Å². The molecule has 6 heteroatoms. The Morgan fingerprint density at radius 1 is 1.27 bits per heavy atom. The molecule has 2 aromatic rings. The standard InChI is InChI=1S/C20H24N2O4/c1-13-3-5-15(6-4-13)7-8-19(24)18-10-16(23)12-22(18)20(25)11-17-9-14(2)21-26-17/h3-6,9,16,18,23H,7-8,10-12H2,1-2H3/t16-,18+/m1/s1. The molecule has 1 aromatic heterocycles. The van der Waals surface area contributed by atoms with Gasteiger partial charge in [-0.05, 0) is 25.8 Å². The number of hydrogen-bond donors (Lipinski definition) is 1. The Balaban J connectivity index is 1.61. The highest BCUT2D eigenvalue weighted by Gasteiger charge is 2.38. The first-order valence-corrected chi connectivity index (χ1v) is 8.90. The Morgan fingerprint density at radius 3 is 2.65 bits per heavy atom. The highest BCUT2D eigenvalue weighted by molar-refractivity contribution is 5.90. The van der Waals surface area contributed by atoms with Crippen molar-refractivity contribution in [1.29, 1.82) is 0 Å². The van der Waals surface area contributed by atoms with Crippen LogP contribution in [0.2, 0.25) is 0 Å². The second kappa shape index (κ2) is 7.83. The number of aliphatic hydroxyl groups is 1. The van der Waals surface area contributed by atoms with Gasteiger partial charge in [0.05, 0.1) is 24.3 Å². The topological polar surface area (TPSA) is 83.6 Å². The minimum Gasteiger partial charge on any atom is -0.391 e. The van der Waals surface area contributed by atoms with Crippen molar-refractivity contribution in [3.05, 3.63) is 52.9 Å². The van der Waals surface area contributed by atoms with Crippen LogP contribution in [0.25, 0.3) is 0 Å².